The summed E-state index contributed by atoms with van der Waals surface area (Å²) in [5.74, 6) is 0.862. The van der Waals surface area contributed by atoms with Crippen LogP contribution in [0.15, 0.2) is 12.2 Å². The molecule has 12 heavy (non-hydrogen) atoms. The van der Waals surface area contributed by atoms with Crippen molar-refractivity contribution >= 4 is 0 Å². The molecule has 0 aromatic rings. The van der Waals surface area contributed by atoms with E-state index in [2.05, 4.69) is 31.3 Å². The predicted molar refractivity (Wildman–Crippen MR) is 56.4 cm³/mol. The Bertz CT molecular complexity index is 108. The molecule has 0 bridgehead atoms. The Morgan fingerprint density at radius 2 is 2.08 bits per heavy atom. The van der Waals surface area contributed by atoms with Crippen LogP contribution in [0.3, 0.4) is 0 Å². The first kappa shape index (κ1) is 11.7. The zero-order chi connectivity index (χ0) is 9.23. The van der Waals surface area contributed by atoms with Gasteiger partial charge in [0.05, 0.1) is 0 Å². The van der Waals surface area contributed by atoms with Crippen molar-refractivity contribution in [3.8, 4) is 0 Å². The summed E-state index contributed by atoms with van der Waals surface area (Å²) in [4.78, 5) is 0. The van der Waals surface area contributed by atoms with Crippen molar-refractivity contribution in [1.82, 2.24) is 5.32 Å². The van der Waals surface area contributed by atoms with Crippen LogP contribution in [0.25, 0.3) is 0 Å². The number of allylic oxidation sites excluding steroid dienone is 1. The van der Waals surface area contributed by atoms with E-state index in [4.69, 9.17) is 0 Å². The third kappa shape index (κ3) is 7.80. The molecule has 0 spiro atoms. The lowest BCUT2D eigenvalue weighted by molar-refractivity contribution is 0.531. The van der Waals surface area contributed by atoms with E-state index in [-0.39, 0.29) is 0 Å². The summed E-state index contributed by atoms with van der Waals surface area (Å²) >= 11 is 0. The van der Waals surface area contributed by atoms with Gasteiger partial charge in [0.25, 0.3) is 0 Å². The van der Waals surface area contributed by atoms with Gasteiger partial charge >= 0.3 is 0 Å². The molecule has 1 heteroatoms. The molecule has 72 valence electrons. The van der Waals surface area contributed by atoms with Crippen LogP contribution in [-0.2, 0) is 0 Å². The standard InChI is InChI=1S/C11H23N/c1-4-8-11(2)9-6-5-7-10-12-3/h5-6,11-12H,4,7-10H2,1-3H3. The average Bonchev–Trinajstić information content (AvgIpc) is 2.05. The highest BCUT2D eigenvalue weighted by Crippen LogP contribution is 2.09. The van der Waals surface area contributed by atoms with Crippen LogP contribution in [-0.4, -0.2) is 13.6 Å². The Balaban J connectivity index is 3.21. The second kappa shape index (κ2) is 8.79. The first-order valence-electron chi connectivity index (χ1n) is 5.10. The van der Waals surface area contributed by atoms with E-state index < -0.39 is 0 Å². The fourth-order valence-electron chi connectivity index (χ4n) is 1.28. The summed E-state index contributed by atoms with van der Waals surface area (Å²) in [5.41, 5.74) is 0. The van der Waals surface area contributed by atoms with Gasteiger partial charge in [-0.2, -0.15) is 0 Å². The van der Waals surface area contributed by atoms with Gasteiger partial charge in [-0.1, -0.05) is 38.8 Å². The Hall–Kier alpha value is -0.300. The van der Waals surface area contributed by atoms with E-state index in [1.54, 1.807) is 0 Å². The van der Waals surface area contributed by atoms with Crippen LogP contribution in [0.4, 0.5) is 0 Å². The molecule has 1 unspecified atom stereocenters. The molecule has 0 aliphatic heterocycles. The molecular formula is C11H23N. The highest BCUT2D eigenvalue weighted by Gasteiger charge is 1.95. The number of hydrogen-bond donors (Lipinski definition) is 1. The van der Waals surface area contributed by atoms with Crippen molar-refractivity contribution in [2.45, 2.75) is 39.5 Å². The lowest BCUT2D eigenvalue weighted by Crippen LogP contribution is -2.05. The summed E-state index contributed by atoms with van der Waals surface area (Å²) in [6.45, 7) is 5.67. The fraction of sp³-hybridized carbons (Fsp3) is 0.818. The molecule has 0 amide bonds. The zero-order valence-electron chi connectivity index (χ0n) is 8.77. The van der Waals surface area contributed by atoms with Crippen LogP contribution in [0, 0.1) is 5.92 Å². The van der Waals surface area contributed by atoms with Gasteiger partial charge in [0.1, 0.15) is 0 Å². The Kier molecular flexibility index (Phi) is 8.57. The van der Waals surface area contributed by atoms with Gasteiger partial charge in [-0.25, -0.2) is 0 Å². The molecule has 1 nitrogen and oxygen atoms in total. The highest BCUT2D eigenvalue weighted by atomic mass is 14.8. The highest BCUT2D eigenvalue weighted by molar-refractivity contribution is 4.83. The Morgan fingerprint density at radius 3 is 2.67 bits per heavy atom. The lowest BCUT2D eigenvalue weighted by Gasteiger charge is -2.04. The SMILES string of the molecule is CCCC(C)CC=CCCNC. The summed E-state index contributed by atoms with van der Waals surface area (Å²) in [6.07, 6.45) is 9.68. The molecule has 0 aliphatic carbocycles. The zero-order valence-corrected chi connectivity index (χ0v) is 8.77. The van der Waals surface area contributed by atoms with Gasteiger partial charge in [0.2, 0.25) is 0 Å². The Labute approximate surface area is 77.2 Å². The maximum Gasteiger partial charge on any atom is -0.00173 e. The van der Waals surface area contributed by atoms with E-state index in [0.717, 1.165) is 18.9 Å². The predicted octanol–water partition coefficient (Wildman–Crippen LogP) is 2.98. The summed E-state index contributed by atoms with van der Waals surface area (Å²) in [6, 6.07) is 0. The maximum absolute atomic E-state index is 3.13. The molecule has 0 aromatic carbocycles. The van der Waals surface area contributed by atoms with Gasteiger partial charge in [0, 0.05) is 0 Å². The minimum atomic E-state index is 0.862. The van der Waals surface area contributed by atoms with Crippen molar-refractivity contribution in [1.29, 1.82) is 0 Å². The summed E-state index contributed by atoms with van der Waals surface area (Å²) in [5, 5.41) is 3.13. The number of hydrogen-bond acceptors (Lipinski definition) is 1. The number of rotatable bonds is 7. The Morgan fingerprint density at radius 1 is 1.33 bits per heavy atom. The van der Waals surface area contributed by atoms with E-state index in [1.807, 2.05) is 7.05 Å². The molecule has 0 aliphatic rings. The van der Waals surface area contributed by atoms with Crippen molar-refractivity contribution in [3.63, 3.8) is 0 Å². The van der Waals surface area contributed by atoms with Crippen LogP contribution < -0.4 is 5.32 Å². The van der Waals surface area contributed by atoms with Gasteiger partial charge in [-0.3, -0.25) is 0 Å². The van der Waals surface area contributed by atoms with Crippen molar-refractivity contribution in [3.05, 3.63) is 12.2 Å². The number of nitrogens with one attached hydrogen (secondary N) is 1. The largest absolute Gasteiger partial charge is 0.319 e. The minimum Gasteiger partial charge on any atom is -0.319 e. The van der Waals surface area contributed by atoms with Crippen LogP contribution in [0.2, 0.25) is 0 Å². The molecule has 0 rings (SSSR count). The van der Waals surface area contributed by atoms with Gasteiger partial charge in [-0.05, 0) is 32.4 Å². The minimum absolute atomic E-state index is 0.862. The van der Waals surface area contributed by atoms with Gasteiger partial charge in [0.15, 0.2) is 0 Å². The van der Waals surface area contributed by atoms with Crippen LogP contribution in [0.5, 0.6) is 0 Å². The normalized spacial score (nSPS) is 13.9. The first-order valence-corrected chi connectivity index (χ1v) is 5.10. The monoisotopic (exact) mass is 169 g/mol. The van der Waals surface area contributed by atoms with Gasteiger partial charge in [-0.15, -0.1) is 0 Å². The lowest BCUT2D eigenvalue weighted by atomic mass is 10.0. The molecular weight excluding hydrogens is 146 g/mol. The quantitative estimate of drug-likeness (QED) is 0.456. The third-order valence-electron chi connectivity index (χ3n) is 2.05. The van der Waals surface area contributed by atoms with Crippen LogP contribution >= 0.6 is 0 Å². The summed E-state index contributed by atoms with van der Waals surface area (Å²) < 4.78 is 0. The topological polar surface area (TPSA) is 12.0 Å². The summed E-state index contributed by atoms with van der Waals surface area (Å²) in [7, 11) is 1.99. The molecule has 0 radical (unpaired) electrons. The molecule has 0 fully saturated rings. The smallest absolute Gasteiger partial charge is 0.00173 e. The van der Waals surface area contributed by atoms with E-state index in [9.17, 15) is 0 Å². The molecule has 0 saturated carbocycles. The second-order valence-electron chi connectivity index (χ2n) is 3.49. The molecule has 1 atom stereocenters. The van der Waals surface area contributed by atoms with Gasteiger partial charge < -0.3 is 5.32 Å². The fourth-order valence-corrected chi connectivity index (χ4v) is 1.28. The van der Waals surface area contributed by atoms with E-state index in [1.165, 1.54) is 19.3 Å². The van der Waals surface area contributed by atoms with E-state index >= 15 is 0 Å². The molecule has 0 saturated heterocycles. The maximum atomic E-state index is 3.13. The van der Waals surface area contributed by atoms with Crippen LogP contribution in [0.1, 0.15) is 39.5 Å². The second-order valence-corrected chi connectivity index (χ2v) is 3.49. The van der Waals surface area contributed by atoms with Crippen molar-refractivity contribution in [2.75, 3.05) is 13.6 Å². The van der Waals surface area contributed by atoms with E-state index in [0.29, 0.717) is 0 Å². The third-order valence-corrected chi connectivity index (χ3v) is 2.05. The average molecular weight is 169 g/mol. The molecule has 1 N–H and O–H groups in total. The first-order chi connectivity index (χ1) is 5.81. The van der Waals surface area contributed by atoms with Crippen molar-refractivity contribution in [2.24, 2.45) is 5.92 Å². The molecule has 0 heterocycles. The molecule has 0 aromatic heterocycles. The van der Waals surface area contributed by atoms with Crippen molar-refractivity contribution < 1.29 is 0 Å².